The van der Waals surface area contributed by atoms with Crippen LogP contribution in [0.15, 0.2) is 0 Å². The van der Waals surface area contributed by atoms with Crippen molar-refractivity contribution in [2.75, 3.05) is 59.9 Å². The van der Waals surface area contributed by atoms with Gasteiger partial charge in [-0.2, -0.15) is 0 Å². The average molecular weight is 282 g/mol. The summed E-state index contributed by atoms with van der Waals surface area (Å²) in [5, 5.41) is 0. The maximum absolute atomic E-state index is 6.23. The Kier molecular flexibility index (Phi) is 5.84. The van der Waals surface area contributed by atoms with Gasteiger partial charge in [0, 0.05) is 51.4 Å². The van der Waals surface area contributed by atoms with Gasteiger partial charge in [0.15, 0.2) is 0 Å². The molecule has 2 aliphatic rings. The fraction of sp³-hybridized carbons (Fsp3) is 1.00. The van der Waals surface area contributed by atoms with Gasteiger partial charge in [-0.15, -0.1) is 0 Å². The molecule has 2 rings (SSSR count). The second-order valence-electron chi connectivity index (χ2n) is 7.09. The highest BCUT2D eigenvalue weighted by Gasteiger charge is 2.42. The van der Waals surface area contributed by atoms with Crippen LogP contribution in [0.3, 0.4) is 0 Å². The van der Waals surface area contributed by atoms with Crippen LogP contribution in [0.25, 0.3) is 0 Å². The quantitative estimate of drug-likeness (QED) is 0.818. The molecular weight excluding hydrogens is 248 g/mol. The molecule has 0 bridgehead atoms. The van der Waals surface area contributed by atoms with Crippen LogP contribution in [0.5, 0.6) is 0 Å². The number of rotatable bonds is 5. The van der Waals surface area contributed by atoms with Crippen molar-refractivity contribution in [3.05, 3.63) is 0 Å². The molecule has 4 heteroatoms. The number of hydrogen-bond acceptors (Lipinski definition) is 4. The van der Waals surface area contributed by atoms with Crippen molar-refractivity contribution in [2.45, 2.75) is 38.1 Å². The molecule has 2 N–H and O–H groups in total. The summed E-state index contributed by atoms with van der Waals surface area (Å²) in [5.41, 5.74) is 6.53. The third-order valence-electron chi connectivity index (χ3n) is 5.63. The maximum atomic E-state index is 6.23. The van der Waals surface area contributed by atoms with Crippen LogP contribution in [0.2, 0.25) is 0 Å². The van der Waals surface area contributed by atoms with Crippen LogP contribution < -0.4 is 5.73 Å². The van der Waals surface area contributed by atoms with Gasteiger partial charge in [-0.1, -0.05) is 19.8 Å². The van der Waals surface area contributed by atoms with E-state index in [4.69, 9.17) is 5.73 Å². The fourth-order valence-corrected chi connectivity index (χ4v) is 4.06. The van der Waals surface area contributed by atoms with Crippen molar-refractivity contribution in [3.8, 4) is 0 Å². The molecule has 118 valence electrons. The largest absolute Gasteiger partial charge is 0.329 e. The normalized spacial score (nSPS) is 33.8. The standard InChI is InChI=1S/C16H34N4/c1-15-6-4-5-7-16(15,14-17)20-12-10-19(11-13-20)9-8-18(2)3/h15H,4-14,17H2,1-3H3. The van der Waals surface area contributed by atoms with Crippen LogP contribution in [-0.4, -0.2) is 80.1 Å². The minimum Gasteiger partial charge on any atom is -0.329 e. The van der Waals surface area contributed by atoms with E-state index < -0.39 is 0 Å². The van der Waals surface area contributed by atoms with E-state index in [1.54, 1.807) is 0 Å². The van der Waals surface area contributed by atoms with E-state index in [-0.39, 0.29) is 0 Å². The Hall–Kier alpha value is -0.160. The lowest BCUT2D eigenvalue weighted by atomic mass is 9.72. The first-order chi connectivity index (χ1) is 9.58. The zero-order chi connectivity index (χ0) is 14.6. The molecule has 0 aromatic carbocycles. The van der Waals surface area contributed by atoms with Crippen molar-refractivity contribution in [2.24, 2.45) is 11.7 Å². The van der Waals surface area contributed by atoms with Gasteiger partial charge in [-0.25, -0.2) is 0 Å². The van der Waals surface area contributed by atoms with Crippen LogP contribution in [-0.2, 0) is 0 Å². The molecule has 20 heavy (non-hydrogen) atoms. The molecule has 0 spiro atoms. The molecule has 1 aliphatic heterocycles. The van der Waals surface area contributed by atoms with Crippen LogP contribution in [0.4, 0.5) is 0 Å². The number of piperazine rings is 1. The van der Waals surface area contributed by atoms with E-state index >= 15 is 0 Å². The predicted octanol–water partition coefficient (Wildman–Crippen LogP) is 1.07. The predicted molar refractivity (Wildman–Crippen MR) is 86.0 cm³/mol. The zero-order valence-corrected chi connectivity index (χ0v) is 13.8. The molecule has 2 atom stereocenters. The summed E-state index contributed by atoms with van der Waals surface area (Å²) < 4.78 is 0. The van der Waals surface area contributed by atoms with Crippen molar-refractivity contribution < 1.29 is 0 Å². The summed E-state index contributed by atoms with van der Waals surface area (Å²) in [6.07, 6.45) is 5.43. The third-order valence-corrected chi connectivity index (χ3v) is 5.63. The number of nitrogens with zero attached hydrogens (tertiary/aromatic N) is 3. The topological polar surface area (TPSA) is 35.7 Å². The second-order valence-corrected chi connectivity index (χ2v) is 7.09. The number of nitrogens with two attached hydrogens (primary N) is 1. The Labute approximate surface area is 125 Å². The van der Waals surface area contributed by atoms with Gasteiger partial charge >= 0.3 is 0 Å². The van der Waals surface area contributed by atoms with E-state index in [1.165, 1.54) is 65.0 Å². The monoisotopic (exact) mass is 282 g/mol. The Morgan fingerprint density at radius 1 is 1.15 bits per heavy atom. The Balaban J connectivity index is 1.88. The van der Waals surface area contributed by atoms with Crippen molar-refractivity contribution >= 4 is 0 Å². The first kappa shape index (κ1) is 16.2. The van der Waals surface area contributed by atoms with E-state index in [9.17, 15) is 0 Å². The lowest BCUT2D eigenvalue weighted by molar-refractivity contribution is -0.0197. The smallest absolute Gasteiger partial charge is 0.0358 e. The Morgan fingerprint density at radius 3 is 2.40 bits per heavy atom. The van der Waals surface area contributed by atoms with Crippen molar-refractivity contribution in [1.29, 1.82) is 0 Å². The third kappa shape index (κ3) is 3.53. The minimum absolute atomic E-state index is 0.298. The molecule has 0 aromatic heterocycles. The van der Waals surface area contributed by atoms with Crippen LogP contribution >= 0.6 is 0 Å². The molecule has 2 fully saturated rings. The highest BCUT2D eigenvalue weighted by Crippen LogP contribution is 2.38. The lowest BCUT2D eigenvalue weighted by Gasteiger charge is -2.52. The molecule has 1 aliphatic carbocycles. The second kappa shape index (κ2) is 7.21. The molecular formula is C16H34N4. The molecule has 4 nitrogen and oxygen atoms in total. The van der Waals surface area contributed by atoms with Gasteiger partial charge in [0.2, 0.25) is 0 Å². The average Bonchev–Trinajstić information content (AvgIpc) is 2.46. The summed E-state index contributed by atoms with van der Waals surface area (Å²) in [6.45, 7) is 10.5. The highest BCUT2D eigenvalue weighted by molar-refractivity contribution is 4.99. The van der Waals surface area contributed by atoms with Crippen molar-refractivity contribution in [1.82, 2.24) is 14.7 Å². The molecule has 1 saturated carbocycles. The SMILES string of the molecule is CC1CCCCC1(CN)N1CCN(CCN(C)C)CC1. The Morgan fingerprint density at radius 2 is 1.85 bits per heavy atom. The summed E-state index contributed by atoms with van der Waals surface area (Å²) in [5.74, 6) is 0.759. The zero-order valence-electron chi connectivity index (χ0n) is 13.8. The molecule has 1 heterocycles. The van der Waals surface area contributed by atoms with Gasteiger partial charge in [-0.05, 0) is 32.9 Å². The first-order valence-corrected chi connectivity index (χ1v) is 8.41. The summed E-state index contributed by atoms with van der Waals surface area (Å²) >= 11 is 0. The van der Waals surface area contributed by atoms with Gasteiger partial charge < -0.3 is 10.6 Å². The fourth-order valence-electron chi connectivity index (χ4n) is 4.06. The first-order valence-electron chi connectivity index (χ1n) is 8.41. The minimum atomic E-state index is 0.298. The maximum Gasteiger partial charge on any atom is 0.0358 e. The highest BCUT2D eigenvalue weighted by atomic mass is 15.3. The van der Waals surface area contributed by atoms with E-state index in [0.717, 1.165) is 12.5 Å². The van der Waals surface area contributed by atoms with Gasteiger partial charge in [-0.3, -0.25) is 9.80 Å². The summed E-state index contributed by atoms with van der Waals surface area (Å²) in [7, 11) is 4.31. The van der Waals surface area contributed by atoms with Crippen molar-refractivity contribution in [3.63, 3.8) is 0 Å². The summed E-state index contributed by atoms with van der Waals surface area (Å²) in [6, 6.07) is 0. The van der Waals surface area contributed by atoms with E-state index in [0.29, 0.717) is 5.54 Å². The Bertz CT molecular complexity index is 286. The van der Waals surface area contributed by atoms with Crippen LogP contribution in [0.1, 0.15) is 32.6 Å². The molecule has 0 aromatic rings. The molecule has 2 unspecified atom stereocenters. The molecule has 0 amide bonds. The van der Waals surface area contributed by atoms with E-state index in [2.05, 4.69) is 35.7 Å². The summed E-state index contributed by atoms with van der Waals surface area (Å²) in [4.78, 5) is 7.61. The van der Waals surface area contributed by atoms with Crippen LogP contribution in [0, 0.1) is 5.92 Å². The number of hydrogen-bond donors (Lipinski definition) is 1. The number of likely N-dealkylation sites (N-methyl/N-ethyl adjacent to an activating group) is 1. The lowest BCUT2D eigenvalue weighted by Crippen LogP contribution is -2.64. The van der Waals surface area contributed by atoms with Gasteiger partial charge in [0.1, 0.15) is 0 Å². The van der Waals surface area contributed by atoms with Gasteiger partial charge in [0.25, 0.3) is 0 Å². The van der Waals surface area contributed by atoms with E-state index in [1.807, 2.05) is 0 Å². The molecule has 0 radical (unpaired) electrons. The van der Waals surface area contributed by atoms with Gasteiger partial charge in [0.05, 0.1) is 0 Å². The molecule has 1 saturated heterocycles.